The third kappa shape index (κ3) is 5.50. The number of allylic oxidation sites excluding steroid dienone is 2. The quantitative estimate of drug-likeness (QED) is 0.599. The first-order valence-electron chi connectivity index (χ1n) is 6.64. The minimum absolute atomic E-state index is 0.671. The molecule has 1 unspecified atom stereocenters. The Labute approximate surface area is 102 Å². The van der Waals surface area contributed by atoms with Crippen molar-refractivity contribution in [3.63, 3.8) is 0 Å². The monoisotopic (exact) mass is 223 g/mol. The maximum atomic E-state index is 4.02. The van der Waals surface area contributed by atoms with Gasteiger partial charge in [0.2, 0.25) is 0 Å². The Morgan fingerprint density at radius 2 is 1.81 bits per heavy atom. The van der Waals surface area contributed by atoms with Crippen molar-refractivity contribution >= 4 is 0 Å². The van der Waals surface area contributed by atoms with Gasteiger partial charge in [-0.2, -0.15) is 0 Å². The van der Waals surface area contributed by atoms with Gasteiger partial charge in [-0.3, -0.25) is 0 Å². The first-order valence-corrected chi connectivity index (χ1v) is 6.64. The Hall–Kier alpha value is -0.560. The molecule has 1 nitrogen and oxygen atoms in total. The molecule has 1 N–H and O–H groups in total. The van der Waals surface area contributed by atoms with E-state index in [9.17, 15) is 0 Å². The first-order chi connectivity index (χ1) is 7.56. The van der Waals surface area contributed by atoms with E-state index in [1.54, 1.807) is 0 Å². The Morgan fingerprint density at radius 3 is 2.19 bits per heavy atom. The van der Waals surface area contributed by atoms with Gasteiger partial charge in [-0.25, -0.2) is 0 Å². The van der Waals surface area contributed by atoms with Crippen LogP contribution >= 0.6 is 0 Å². The van der Waals surface area contributed by atoms with Gasteiger partial charge in [-0.15, -0.1) is 0 Å². The summed E-state index contributed by atoms with van der Waals surface area (Å²) in [5.74, 6) is 0. The fourth-order valence-electron chi connectivity index (χ4n) is 1.89. The van der Waals surface area contributed by atoms with Crippen molar-refractivity contribution in [2.45, 2.75) is 66.3 Å². The summed E-state index contributed by atoms with van der Waals surface area (Å²) >= 11 is 0. The molecule has 0 heterocycles. The van der Waals surface area contributed by atoms with Crippen LogP contribution in [0.4, 0.5) is 0 Å². The molecule has 0 saturated carbocycles. The first kappa shape index (κ1) is 15.4. The summed E-state index contributed by atoms with van der Waals surface area (Å²) in [6.45, 7) is 16.1. The van der Waals surface area contributed by atoms with Crippen LogP contribution in [-0.4, -0.2) is 12.6 Å². The van der Waals surface area contributed by atoms with Gasteiger partial charge in [0.15, 0.2) is 0 Å². The lowest BCUT2D eigenvalue weighted by molar-refractivity contribution is 0.478. The summed E-state index contributed by atoms with van der Waals surface area (Å²) in [6, 6.07) is 0.671. The van der Waals surface area contributed by atoms with E-state index in [0.717, 1.165) is 13.0 Å². The predicted molar refractivity (Wildman–Crippen MR) is 74.8 cm³/mol. The molecule has 0 radical (unpaired) electrons. The summed E-state index contributed by atoms with van der Waals surface area (Å²) in [6.07, 6.45) is 4.88. The number of rotatable bonds is 8. The molecule has 1 heteroatoms. The molecular formula is C15H29N. The van der Waals surface area contributed by atoms with E-state index in [0.29, 0.717) is 6.04 Å². The SMILES string of the molecule is C=C(C)/C(C)=C(\CC)CNC(CC)CCC. The molecule has 94 valence electrons. The van der Waals surface area contributed by atoms with Gasteiger partial charge < -0.3 is 5.32 Å². The molecule has 0 amide bonds. The van der Waals surface area contributed by atoms with Crippen LogP contribution in [0, 0.1) is 0 Å². The van der Waals surface area contributed by atoms with Crippen LogP contribution in [0.5, 0.6) is 0 Å². The van der Waals surface area contributed by atoms with Crippen molar-refractivity contribution in [2.24, 2.45) is 0 Å². The maximum absolute atomic E-state index is 4.02. The molecule has 0 aromatic carbocycles. The minimum Gasteiger partial charge on any atom is -0.310 e. The van der Waals surface area contributed by atoms with Gasteiger partial charge in [0, 0.05) is 12.6 Å². The van der Waals surface area contributed by atoms with E-state index in [2.05, 4.69) is 46.5 Å². The van der Waals surface area contributed by atoms with Gasteiger partial charge in [-0.05, 0) is 38.7 Å². The third-order valence-electron chi connectivity index (χ3n) is 3.33. The fraction of sp³-hybridized carbons (Fsp3) is 0.733. The van der Waals surface area contributed by atoms with Gasteiger partial charge in [0.1, 0.15) is 0 Å². The Kier molecular flexibility index (Phi) is 8.28. The highest BCUT2D eigenvalue weighted by molar-refractivity contribution is 5.30. The van der Waals surface area contributed by atoms with E-state index < -0.39 is 0 Å². The van der Waals surface area contributed by atoms with E-state index >= 15 is 0 Å². The standard InChI is InChI=1S/C15H29N/c1-7-10-15(9-3)16-11-14(8-2)13(6)12(4)5/h15-16H,4,7-11H2,1-3,5-6H3/b14-13+. The van der Waals surface area contributed by atoms with Crippen LogP contribution < -0.4 is 5.32 Å². The zero-order valence-electron chi connectivity index (χ0n) is 11.8. The molecule has 0 rings (SSSR count). The minimum atomic E-state index is 0.671. The second-order valence-corrected chi connectivity index (χ2v) is 4.64. The summed E-state index contributed by atoms with van der Waals surface area (Å²) in [5.41, 5.74) is 4.07. The zero-order chi connectivity index (χ0) is 12.6. The van der Waals surface area contributed by atoms with E-state index in [1.165, 1.54) is 36.0 Å². The van der Waals surface area contributed by atoms with Gasteiger partial charge >= 0.3 is 0 Å². The number of hydrogen-bond donors (Lipinski definition) is 1. The van der Waals surface area contributed by atoms with Crippen LogP contribution in [0.2, 0.25) is 0 Å². The highest BCUT2D eigenvalue weighted by Crippen LogP contribution is 2.15. The van der Waals surface area contributed by atoms with Crippen LogP contribution in [0.15, 0.2) is 23.3 Å². The molecular weight excluding hydrogens is 194 g/mol. The summed E-state index contributed by atoms with van der Waals surface area (Å²) < 4.78 is 0. The van der Waals surface area contributed by atoms with Crippen LogP contribution in [0.25, 0.3) is 0 Å². The summed E-state index contributed by atoms with van der Waals surface area (Å²) in [7, 11) is 0. The topological polar surface area (TPSA) is 12.0 Å². The van der Waals surface area contributed by atoms with Crippen molar-refractivity contribution in [3.05, 3.63) is 23.3 Å². The van der Waals surface area contributed by atoms with Crippen molar-refractivity contribution < 1.29 is 0 Å². The van der Waals surface area contributed by atoms with E-state index in [1.807, 2.05) is 0 Å². The normalized spacial score (nSPS) is 14.6. The molecule has 1 atom stereocenters. The highest BCUT2D eigenvalue weighted by Gasteiger charge is 2.06. The largest absolute Gasteiger partial charge is 0.310 e. The number of hydrogen-bond acceptors (Lipinski definition) is 1. The smallest absolute Gasteiger partial charge is 0.0172 e. The van der Waals surface area contributed by atoms with Crippen LogP contribution in [-0.2, 0) is 0 Å². The van der Waals surface area contributed by atoms with Gasteiger partial charge in [0.25, 0.3) is 0 Å². The maximum Gasteiger partial charge on any atom is 0.0172 e. The zero-order valence-corrected chi connectivity index (χ0v) is 11.8. The molecule has 0 fully saturated rings. The molecule has 16 heavy (non-hydrogen) atoms. The molecule has 0 aliphatic carbocycles. The van der Waals surface area contributed by atoms with Crippen LogP contribution in [0.3, 0.4) is 0 Å². The molecule has 0 aromatic rings. The van der Waals surface area contributed by atoms with E-state index in [4.69, 9.17) is 0 Å². The highest BCUT2D eigenvalue weighted by atomic mass is 14.9. The molecule has 0 aromatic heterocycles. The van der Waals surface area contributed by atoms with E-state index in [-0.39, 0.29) is 0 Å². The van der Waals surface area contributed by atoms with Crippen molar-refractivity contribution in [3.8, 4) is 0 Å². The Morgan fingerprint density at radius 1 is 1.19 bits per heavy atom. The molecule has 0 bridgehead atoms. The fourth-order valence-corrected chi connectivity index (χ4v) is 1.89. The van der Waals surface area contributed by atoms with Crippen LogP contribution in [0.1, 0.15) is 60.3 Å². The average Bonchev–Trinajstić information content (AvgIpc) is 2.27. The molecule has 0 aliphatic heterocycles. The average molecular weight is 223 g/mol. The second kappa shape index (κ2) is 8.58. The Bertz CT molecular complexity index is 238. The van der Waals surface area contributed by atoms with Gasteiger partial charge in [-0.1, -0.05) is 44.9 Å². The van der Waals surface area contributed by atoms with Gasteiger partial charge in [0.05, 0.1) is 0 Å². The second-order valence-electron chi connectivity index (χ2n) is 4.64. The molecule has 0 aliphatic rings. The van der Waals surface area contributed by atoms with Crippen molar-refractivity contribution in [2.75, 3.05) is 6.54 Å². The Balaban J connectivity index is 4.34. The lowest BCUT2D eigenvalue weighted by atomic mass is 10.0. The summed E-state index contributed by atoms with van der Waals surface area (Å²) in [4.78, 5) is 0. The lowest BCUT2D eigenvalue weighted by Crippen LogP contribution is -2.30. The van der Waals surface area contributed by atoms with Crippen molar-refractivity contribution in [1.82, 2.24) is 5.32 Å². The predicted octanol–water partition coefficient (Wildman–Crippen LogP) is 4.46. The molecule has 0 spiro atoms. The molecule has 0 saturated heterocycles. The lowest BCUT2D eigenvalue weighted by Gasteiger charge is -2.18. The number of nitrogens with one attached hydrogen (secondary N) is 1. The van der Waals surface area contributed by atoms with Crippen molar-refractivity contribution in [1.29, 1.82) is 0 Å². The third-order valence-corrected chi connectivity index (χ3v) is 3.33. The summed E-state index contributed by atoms with van der Waals surface area (Å²) in [5, 5.41) is 3.66.